The molecular formula is C23H25N5O5S. The molecule has 3 aromatic rings. The summed E-state index contributed by atoms with van der Waals surface area (Å²) in [5.41, 5.74) is 1.62. The summed E-state index contributed by atoms with van der Waals surface area (Å²) in [5.74, 6) is -0.304. The number of hydrogen-bond donors (Lipinski definition) is 1. The lowest BCUT2D eigenvalue weighted by Gasteiger charge is -2.22. The highest BCUT2D eigenvalue weighted by Gasteiger charge is 2.33. The quantitative estimate of drug-likeness (QED) is 0.591. The van der Waals surface area contributed by atoms with E-state index in [9.17, 15) is 18.0 Å². The van der Waals surface area contributed by atoms with Gasteiger partial charge in [-0.3, -0.25) is 14.6 Å². The number of nitrogens with zero attached hydrogens (tertiary/aromatic N) is 4. The van der Waals surface area contributed by atoms with E-state index >= 15 is 0 Å². The molecule has 0 unspecified atom stereocenters. The van der Waals surface area contributed by atoms with Crippen molar-refractivity contribution in [2.75, 3.05) is 31.5 Å². The number of sulfonamides is 1. The molecule has 11 heteroatoms. The first-order valence-electron chi connectivity index (χ1n) is 10.8. The van der Waals surface area contributed by atoms with Crippen LogP contribution in [-0.2, 0) is 10.0 Å². The molecule has 1 saturated heterocycles. The van der Waals surface area contributed by atoms with Crippen LogP contribution in [0.2, 0.25) is 0 Å². The van der Waals surface area contributed by atoms with Gasteiger partial charge in [-0.25, -0.2) is 8.42 Å². The molecule has 34 heavy (non-hydrogen) atoms. The SMILES string of the molecule is Cc1noc(C)c1S(=O)(=O)N1CCCN(C(=O)c2cccc(NC(=O)c3cccnc3)c2)CC1. The highest BCUT2D eigenvalue weighted by molar-refractivity contribution is 7.89. The lowest BCUT2D eigenvalue weighted by molar-refractivity contribution is 0.0764. The summed E-state index contributed by atoms with van der Waals surface area (Å²) in [6.07, 6.45) is 3.54. The van der Waals surface area contributed by atoms with Gasteiger partial charge in [0.2, 0.25) is 10.0 Å². The maximum atomic E-state index is 13.2. The fourth-order valence-electron chi connectivity index (χ4n) is 3.92. The Balaban J connectivity index is 1.45. The Morgan fingerprint density at radius 1 is 1.03 bits per heavy atom. The zero-order valence-electron chi connectivity index (χ0n) is 18.9. The van der Waals surface area contributed by atoms with Crippen LogP contribution in [-0.4, -0.2) is 65.8 Å². The fraction of sp³-hybridized carbons (Fsp3) is 0.304. The minimum Gasteiger partial charge on any atom is -0.360 e. The fourth-order valence-corrected chi connectivity index (χ4v) is 5.68. The van der Waals surface area contributed by atoms with E-state index in [-0.39, 0.29) is 42.1 Å². The molecule has 0 bridgehead atoms. The molecule has 0 saturated carbocycles. The Morgan fingerprint density at radius 3 is 2.53 bits per heavy atom. The van der Waals surface area contributed by atoms with E-state index in [2.05, 4.69) is 15.5 Å². The van der Waals surface area contributed by atoms with Crippen LogP contribution >= 0.6 is 0 Å². The van der Waals surface area contributed by atoms with Crippen molar-refractivity contribution in [2.45, 2.75) is 25.2 Å². The normalized spacial score (nSPS) is 15.1. The first kappa shape index (κ1) is 23.6. The molecule has 4 rings (SSSR count). The minimum absolute atomic E-state index is 0.0873. The number of carbonyl (C=O) groups is 2. The second-order valence-electron chi connectivity index (χ2n) is 7.98. The van der Waals surface area contributed by atoms with Crippen LogP contribution in [0.1, 0.15) is 38.6 Å². The summed E-state index contributed by atoms with van der Waals surface area (Å²) >= 11 is 0. The van der Waals surface area contributed by atoms with Gasteiger partial charge in [0.15, 0.2) is 5.76 Å². The molecule has 0 spiro atoms. The van der Waals surface area contributed by atoms with Crippen molar-refractivity contribution in [3.63, 3.8) is 0 Å². The Labute approximate surface area is 197 Å². The Bertz CT molecular complexity index is 1290. The number of pyridine rings is 1. The third-order valence-electron chi connectivity index (χ3n) is 5.60. The molecule has 1 N–H and O–H groups in total. The van der Waals surface area contributed by atoms with E-state index in [1.165, 1.54) is 10.5 Å². The number of aromatic nitrogens is 2. The minimum atomic E-state index is -3.78. The molecule has 2 aromatic heterocycles. The van der Waals surface area contributed by atoms with E-state index in [0.29, 0.717) is 35.5 Å². The maximum Gasteiger partial charge on any atom is 0.257 e. The number of nitrogens with one attached hydrogen (secondary N) is 1. The average molecular weight is 484 g/mol. The zero-order chi connectivity index (χ0) is 24.3. The van der Waals surface area contributed by atoms with E-state index in [1.54, 1.807) is 61.3 Å². The van der Waals surface area contributed by atoms with Crippen molar-refractivity contribution in [1.82, 2.24) is 19.3 Å². The van der Waals surface area contributed by atoms with Gasteiger partial charge in [-0.1, -0.05) is 11.2 Å². The number of anilines is 1. The van der Waals surface area contributed by atoms with E-state index in [1.807, 2.05) is 0 Å². The third kappa shape index (κ3) is 4.85. The van der Waals surface area contributed by atoms with E-state index in [4.69, 9.17) is 4.52 Å². The lowest BCUT2D eigenvalue weighted by Crippen LogP contribution is -2.37. The van der Waals surface area contributed by atoms with Crippen molar-refractivity contribution in [3.8, 4) is 0 Å². The monoisotopic (exact) mass is 483 g/mol. The highest BCUT2D eigenvalue weighted by atomic mass is 32.2. The Hall–Kier alpha value is -3.57. The van der Waals surface area contributed by atoms with Crippen LogP contribution in [0.15, 0.2) is 58.2 Å². The molecule has 0 aliphatic carbocycles. The van der Waals surface area contributed by atoms with Crippen LogP contribution in [0.25, 0.3) is 0 Å². The topological polar surface area (TPSA) is 126 Å². The summed E-state index contributed by atoms with van der Waals surface area (Å²) < 4.78 is 32.7. The summed E-state index contributed by atoms with van der Waals surface area (Å²) in [7, 11) is -3.78. The van der Waals surface area contributed by atoms with Gasteiger partial charge in [0.25, 0.3) is 11.8 Å². The smallest absolute Gasteiger partial charge is 0.257 e. The lowest BCUT2D eigenvalue weighted by atomic mass is 10.1. The second kappa shape index (κ2) is 9.74. The number of amides is 2. The molecule has 0 atom stereocenters. The largest absolute Gasteiger partial charge is 0.360 e. The summed E-state index contributed by atoms with van der Waals surface area (Å²) in [6.45, 7) is 4.27. The molecule has 2 amide bonds. The summed E-state index contributed by atoms with van der Waals surface area (Å²) in [4.78, 5) is 31.2. The van der Waals surface area contributed by atoms with E-state index in [0.717, 1.165) is 0 Å². The molecule has 1 aromatic carbocycles. The summed E-state index contributed by atoms with van der Waals surface area (Å²) in [5, 5.41) is 6.52. The molecule has 10 nitrogen and oxygen atoms in total. The van der Waals surface area contributed by atoms with Gasteiger partial charge in [-0.2, -0.15) is 4.31 Å². The summed E-state index contributed by atoms with van der Waals surface area (Å²) in [6, 6.07) is 10.00. The van der Waals surface area contributed by atoms with Crippen molar-refractivity contribution in [3.05, 3.63) is 71.4 Å². The molecule has 178 valence electrons. The van der Waals surface area contributed by atoms with Crippen molar-refractivity contribution in [1.29, 1.82) is 0 Å². The van der Waals surface area contributed by atoms with Gasteiger partial charge in [-0.15, -0.1) is 0 Å². The van der Waals surface area contributed by atoms with Crippen LogP contribution < -0.4 is 5.32 Å². The predicted molar refractivity (Wildman–Crippen MR) is 124 cm³/mol. The third-order valence-corrected chi connectivity index (χ3v) is 7.74. The van der Waals surface area contributed by atoms with Gasteiger partial charge in [-0.05, 0) is 50.6 Å². The van der Waals surface area contributed by atoms with Crippen LogP contribution in [0.5, 0.6) is 0 Å². The maximum absolute atomic E-state index is 13.2. The standard InChI is InChI=1S/C23H25N5O5S/c1-16-21(17(2)33-26-16)34(31,32)28-11-5-10-27(12-13-28)23(30)18-6-3-8-20(14-18)25-22(29)19-7-4-9-24-15-19/h3-4,6-9,14-15H,5,10-13H2,1-2H3,(H,25,29). The highest BCUT2D eigenvalue weighted by Crippen LogP contribution is 2.24. The Morgan fingerprint density at radius 2 is 1.82 bits per heavy atom. The van der Waals surface area contributed by atoms with Crippen LogP contribution in [0.4, 0.5) is 5.69 Å². The van der Waals surface area contributed by atoms with E-state index < -0.39 is 10.0 Å². The molecule has 1 fully saturated rings. The molecule has 1 aliphatic rings. The van der Waals surface area contributed by atoms with Crippen LogP contribution in [0, 0.1) is 13.8 Å². The van der Waals surface area contributed by atoms with Gasteiger partial charge >= 0.3 is 0 Å². The predicted octanol–water partition coefficient (Wildman–Crippen LogP) is 2.48. The number of carbonyl (C=O) groups excluding carboxylic acids is 2. The first-order chi connectivity index (χ1) is 16.3. The Kier molecular flexibility index (Phi) is 6.75. The van der Waals surface area contributed by atoms with Gasteiger partial charge in [0.05, 0.1) is 5.56 Å². The first-order valence-corrected chi connectivity index (χ1v) is 12.2. The van der Waals surface area contributed by atoms with Crippen LogP contribution in [0.3, 0.4) is 0 Å². The molecule has 0 radical (unpaired) electrons. The molecule has 1 aliphatic heterocycles. The van der Waals surface area contributed by atoms with Gasteiger partial charge in [0.1, 0.15) is 10.6 Å². The zero-order valence-corrected chi connectivity index (χ0v) is 19.7. The number of aryl methyl sites for hydroxylation is 2. The average Bonchev–Trinajstić information content (AvgIpc) is 3.02. The number of hydrogen-bond acceptors (Lipinski definition) is 7. The van der Waals surface area contributed by atoms with Gasteiger partial charge in [0, 0.05) is 49.8 Å². The molecule has 3 heterocycles. The van der Waals surface area contributed by atoms with Crippen molar-refractivity contribution >= 4 is 27.5 Å². The molecular weight excluding hydrogens is 458 g/mol. The van der Waals surface area contributed by atoms with Gasteiger partial charge < -0.3 is 14.7 Å². The number of benzene rings is 1. The van der Waals surface area contributed by atoms with Crippen molar-refractivity contribution < 1.29 is 22.5 Å². The second-order valence-corrected chi connectivity index (χ2v) is 9.85. The van der Waals surface area contributed by atoms with Crippen molar-refractivity contribution in [2.24, 2.45) is 0 Å². The number of rotatable bonds is 5.